The molecule has 0 aromatic carbocycles. The van der Waals surface area contributed by atoms with Crippen LogP contribution in [0.5, 0.6) is 5.88 Å². The fraction of sp³-hybridized carbons (Fsp3) is 0.278. The van der Waals surface area contributed by atoms with Crippen LogP contribution in [0, 0.1) is 6.92 Å². The molecular weight excluding hydrogens is 320 g/mol. The van der Waals surface area contributed by atoms with E-state index in [1.165, 1.54) is 6.39 Å². The Morgan fingerprint density at radius 3 is 3.00 bits per heavy atom. The molecule has 1 aliphatic rings. The Labute approximate surface area is 144 Å². The minimum Gasteiger partial charge on any atom is -0.475 e. The lowest BCUT2D eigenvalue weighted by molar-refractivity contribution is 0.0613. The topological polar surface area (TPSA) is 73.4 Å². The van der Waals surface area contributed by atoms with Crippen molar-refractivity contribution in [3.05, 3.63) is 66.3 Å². The maximum atomic E-state index is 12.8. The molecular formula is C18H18N4O3. The second-order valence-electron chi connectivity index (χ2n) is 5.99. The minimum absolute atomic E-state index is 0.00735. The standard InChI is InChI=1S/C18H18N4O3/c1-13-17(25-12-20-13)18(23)21-9-14-5-4-8-22(14)15(10-21)11-24-16-6-2-3-7-19-16/h2-8,12,15H,9-11H2,1H3. The van der Waals surface area contributed by atoms with Crippen LogP contribution in [0.1, 0.15) is 28.0 Å². The van der Waals surface area contributed by atoms with Gasteiger partial charge >= 0.3 is 0 Å². The highest BCUT2D eigenvalue weighted by molar-refractivity contribution is 5.92. The van der Waals surface area contributed by atoms with Gasteiger partial charge in [0.05, 0.1) is 18.3 Å². The van der Waals surface area contributed by atoms with Gasteiger partial charge in [-0.25, -0.2) is 9.97 Å². The number of amides is 1. The van der Waals surface area contributed by atoms with Crippen molar-refractivity contribution in [3.8, 4) is 5.88 Å². The summed E-state index contributed by atoms with van der Waals surface area (Å²) >= 11 is 0. The molecule has 0 bridgehead atoms. The van der Waals surface area contributed by atoms with E-state index in [9.17, 15) is 4.79 Å². The number of carbonyl (C=O) groups excluding carboxylic acids is 1. The summed E-state index contributed by atoms with van der Waals surface area (Å²) in [4.78, 5) is 22.7. The average molecular weight is 338 g/mol. The van der Waals surface area contributed by atoms with Crippen LogP contribution in [0.2, 0.25) is 0 Å². The second-order valence-corrected chi connectivity index (χ2v) is 5.99. The minimum atomic E-state index is -0.148. The van der Waals surface area contributed by atoms with Gasteiger partial charge < -0.3 is 18.6 Å². The predicted octanol–water partition coefficient (Wildman–Crippen LogP) is 2.46. The highest BCUT2D eigenvalue weighted by atomic mass is 16.5. The van der Waals surface area contributed by atoms with Crippen molar-refractivity contribution in [1.82, 2.24) is 19.4 Å². The van der Waals surface area contributed by atoms with Crippen molar-refractivity contribution >= 4 is 5.91 Å². The molecule has 0 fully saturated rings. The molecule has 0 saturated carbocycles. The Morgan fingerprint density at radius 1 is 1.32 bits per heavy atom. The van der Waals surface area contributed by atoms with Gasteiger partial charge in [0, 0.05) is 30.7 Å². The SMILES string of the molecule is Cc1ncoc1C(=O)N1Cc2cccn2C(COc2ccccn2)C1. The number of ether oxygens (including phenoxy) is 1. The maximum Gasteiger partial charge on any atom is 0.291 e. The third kappa shape index (κ3) is 3.00. The predicted molar refractivity (Wildman–Crippen MR) is 89.2 cm³/mol. The van der Waals surface area contributed by atoms with Gasteiger partial charge in [0.1, 0.15) is 6.61 Å². The molecule has 0 radical (unpaired) electrons. The van der Waals surface area contributed by atoms with Crippen molar-refractivity contribution in [3.63, 3.8) is 0 Å². The van der Waals surface area contributed by atoms with E-state index in [-0.39, 0.29) is 11.9 Å². The van der Waals surface area contributed by atoms with Gasteiger partial charge in [-0.3, -0.25) is 4.79 Å². The number of rotatable bonds is 4. The molecule has 0 saturated heterocycles. The normalized spacial score (nSPS) is 16.5. The molecule has 3 aromatic heterocycles. The molecule has 0 N–H and O–H groups in total. The Morgan fingerprint density at radius 2 is 2.24 bits per heavy atom. The lowest BCUT2D eigenvalue weighted by atomic mass is 10.1. The van der Waals surface area contributed by atoms with Gasteiger partial charge in [0.25, 0.3) is 5.91 Å². The van der Waals surface area contributed by atoms with Crippen LogP contribution in [0.15, 0.2) is 53.5 Å². The fourth-order valence-corrected chi connectivity index (χ4v) is 3.07. The van der Waals surface area contributed by atoms with Crippen molar-refractivity contribution in [2.75, 3.05) is 13.2 Å². The molecule has 4 rings (SSSR count). The number of hydrogen-bond donors (Lipinski definition) is 0. The van der Waals surface area contributed by atoms with E-state index < -0.39 is 0 Å². The highest BCUT2D eigenvalue weighted by Crippen LogP contribution is 2.24. The lowest BCUT2D eigenvalue weighted by Crippen LogP contribution is -2.42. The summed E-state index contributed by atoms with van der Waals surface area (Å²) in [5.41, 5.74) is 1.67. The molecule has 1 aliphatic heterocycles. The van der Waals surface area contributed by atoms with E-state index >= 15 is 0 Å². The zero-order valence-corrected chi connectivity index (χ0v) is 13.8. The van der Waals surface area contributed by atoms with Crippen molar-refractivity contribution in [2.24, 2.45) is 0 Å². The first-order valence-corrected chi connectivity index (χ1v) is 8.11. The van der Waals surface area contributed by atoms with Crippen LogP contribution in [0.3, 0.4) is 0 Å². The van der Waals surface area contributed by atoms with E-state index in [1.54, 1.807) is 18.0 Å². The van der Waals surface area contributed by atoms with Gasteiger partial charge in [-0.05, 0) is 25.1 Å². The van der Waals surface area contributed by atoms with E-state index in [1.807, 2.05) is 36.5 Å². The monoisotopic (exact) mass is 338 g/mol. The van der Waals surface area contributed by atoms with Crippen LogP contribution < -0.4 is 4.74 Å². The van der Waals surface area contributed by atoms with Crippen molar-refractivity contribution in [1.29, 1.82) is 0 Å². The number of hydrogen-bond acceptors (Lipinski definition) is 5. The molecule has 4 heterocycles. The molecule has 0 spiro atoms. The van der Waals surface area contributed by atoms with Gasteiger partial charge in [-0.2, -0.15) is 0 Å². The van der Waals surface area contributed by atoms with Gasteiger partial charge in [-0.15, -0.1) is 0 Å². The second kappa shape index (κ2) is 6.43. The van der Waals surface area contributed by atoms with Gasteiger partial charge in [-0.1, -0.05) is 6.07 Å². The van der Waals surface area contributed by atoms with Gasteiger partial charge in [0.15, 0.2) is 6.39 Å². The van der Waals surface area contributed by atoms with Crippen LogP contribution >= 0.6 is 0 Å². The summed E-state index contributed by atoms with van der Waals surface area (Å²) in [6, 6.07) is 9.55. The summed E-state index contributed by atoms with van der Waals surface area (Å²) < 4.78 is 13.2. The zero-order valence-electron chi connectivity index (χ0n) is 13.8. The average Bonchev–Trinajstić information content (AvgIpc) is 3.28. The molecule has 0 aliphatic carbocycles. The number of oxazole rings is 1. The van der Waals surface area contributed by atoms with Crippen molar-refractivity contribution in [2.45, 2.75) is 19.5 Å². The third-order valence-corrected chi connectivity index (χ3v) is 4.33. The summed E-state index contributed by atoms with van der Waals surface area (Å²) in [5.74, 6) is 0.723. The number of nitrogens with zero attached hydrogens (tertiary/aromatic N) is 4. The summed E-state index contributed by atoms with van der Waals surface area (Å²) in [7, 11) is 0. The summed E-state index contributed by atoms with van der Waals surface area (Å²) in [6.45, 7) is 3.27. The van der Waals surface area contributed by atoms with Crippen LogP contribution in [-0.4, -0.2) is 38.5 Å². The highest BCUT2D eigenvalue weighted by Gasteiger charge is 2.30. The first-order valence-electron chi connectivity index (χ1n) is 8.11. The summed E-state index contributed by atoms with van der Waals surface area (Å²) in [6.07, 6.45) is 5.01. The Hall–Kier alpha value is -3.09. The van der Waals surface area contributed by atoms with E-state index in [0.29, 0.717) is 37.0 Å². The number of carbonyl (C=O) groups is 1. The molecule has 128 valence electrons. The molecule has 3 aromatic rings. The number of fused-ring (bicyclic) bond motifs is 1. The Balaban J connectivity index is 1.53. The lowest BCUT2D eigenvalue weighted by Gasteiger charge is -2.34. The fourth-order valence-electron chi connectivity index (χ4n) is 3.07. The summed E-state index contributed by atoms with van der Waals surface area (Å²) in [5, 5.41) is 0. The van der Waals surface area contributed by atoms with E-state index in [4.69, 9.17) is 9.15 Å². The smallest absolute Gasteiger partial charge is 0.291 e. The first-order chi connectivity index (χ1) is 12.2. The molecule has 7 heteroatoms. The molecule has 1 amide bonds. The molecule has 1 unspecified atom stereocenters. The van der Waals surface area contributed by atoms with E-state index in [2.05, 4.69) is 14.5 Å². The Bertz CT molecular complexity index is 871. The zero-order chi connectivity index (χ0) is 17.2. The third-order valence-electron chi connectivity index (χ3n) is 4.33. The molecule has 7 nitrogen and oxygen atoms in total. The van der Waals surface area contributed by atoms with Crippen molar-refractivity contribution < 1.29 is 13.9 Å². The number of pyridine rings is 1. The number of aromatic nitrogens is 3. The Kier molecular flexibility index (Phi) is 3.97. The molecule has 1 atom stereocenters. The van der Waals surface area contributed by atoms with Crippen LogP contribution in [0.4, 0.5) is 0 Å². The largest absolute Gasteiger partial charge is 0.475 e. The van der Waals surface area contributed by atoms with Crippen LogP contribution in [0.25, 0.3) is 0 Å². The van der Waals surface area contributed by atoms with E-state index in [0.717, 1.165) is 5.69 Å². The first kappa shape index (κ1) is 15.4. The molecule has 25 heavy (non-hydrogen) atoms. The number of aryl methyl sites for hydroxylation is 1. The van der Waals surface area contributed by atoms with Crippen LogP contribution in [-0.2, 0) is 6.54 Å². The van der Waals surface area contributed by atoms with Gasteiger partial charge in [0.2, 0.25) is 11.6 Å². The maximum absolute atomic E-state index is 12.8. The quantitative estimate of drug-likeness (QED) is 0.730.